The van der Waals surface area contributed by atoms with E-state index >= 15 is 0 Å². The highest BCUT2D eigenvalue weighted by atomic mass is 16.5. The monoisotopic (exact) mass is 148 g/mol. The van der Waals surface area contributed by atoms with Gasteiger partial charge in [0, 0.05) is 0 Å². The highest BCUT2D eigenvalue weighted by molar-refractivity contribution is 5.74. The highest BCUT2D eigenvalue weighted by Crippen LogP contribution is 1.88. The Bertz CT molecular complexity index is 102. The van der Waals surface area contributed by atoms with Gasteiger partial charge >= 0.3 is 5.97 Å². The van der Waals surface area contributed by atoms with Crippen LogP contribution < -0.4 is 0 Å². The number of hydrogen-bond donors (Lipinski definition) is 2. The molecule has 0 bridgehead atoms. The fourth-order valence-corrected chi connectivity index (χ4v) is 0.373. The maximum absolute atomic E-state index is 10.5. The number of ether oxygens (including phenoxy) is 1. The smallest absolute Gasteiger partial charge is 0.337 e. The maximum Gasteiger partial charge on any atom is 0.337 e. The number of carbonyl (C=O) groups excluding carboxylic acids is 1. The molecule has 0 saturated heterocycles. The van der Waals surface area contributed by atoms with Crippen molar-refractivity contribution in [1.29, 1.82) is 0 Å². The lowest BCUT2D eigenvalue weighted by Gasteiger charge is -2.05. The molecule has 1 atom stereocenters. The SMILES string of the molecule is CCCOC(=O)C(O)CO. The summed E-state index contributed by atoms with van der Waals surface area (Å²) >= 11 is 0. The Morgan fingerprint density at radius 3 is 2.70 bits per heavy atom. The lowest BCUT2D eigenvalue weighted by Crippen LogP contribution is -2.26. The molecule has 10 heavy (non-hydrogen) atoms. The van der Waals surface area contributed by atoms with E-state index in [1.165, 1.54) is 0 Å². The van der Waals surface area contributed by atoms with Gasteiger partial charge in [0.15, 0.2) is 6.10 Å². The van der Waals surface area contributed by atoms with E-state index in [4.69, 9.17) is 10.2 Å². The first kappa shape index (κ1) is 9.39. The molecule has 4 nitrogen and oxygen atoms in total. The Morgan fingerprint density at radius 1 is 1.70 bits per heavy atom. The van der Waals surface area contributed by atoms with Crippen molar-refractivity contribution in [2.45, 2.75) is 19.4 Å². The molecule has 4 heteroatoms. The lowest BCUT2D eigenvalue weighted by atomic mass is 10.4. The van der Waals surface area contributed by atoms with Crippen LogP contribution in [-0.4, -0.2) is 35.5 Å². The van der Waals surface area contributed by atoms with Gasteiger partial charge in [-0.1, -0.05) is 6.92 Å². The molecule has 1 unspecified atom stereocenters. The van der Waals surface area contributed by atoms with Crippen LogP contribution in [0.15, 0.2) is 0 Å². The van der Waals surface area contributed by atoms with Gasteiger partial charge in [-0.15, -0.1) is 0 Å². The second-order valence-corrected chi connectivity index (χ2v) is 1.87. The van der Waals surface area contributed by atoms with E-state index in [1.807, 2.05) is 6.92 Å². The second-order valence-electron chi connectivity index (χ2n) is 1.87. The minimum atomic E-state index is -1.38. The molecule has 0 aliphatic rings. The summed E-state index contributed by atoms with van der Waals surface area (Å²) in [4.78, 5) is 10.5. The Hall–Kier alpha value is -0.610. The van der Waals surface area contributed by atoms with Crippen LogP contribution in [0.1, 0.15) is 13.3 Å². The van der Waals surface area contributed by atoms with Crippen LogP contribution in [0.25, 0.3) is 0 Å². The Labute approximate surface area is 59.4 Å². The zero-order valence-electron chi connectivity index (χ0n) is 5.91. The lowest BCUT2D eigenvalue weighted by molar-refractivity contribution is -0.155. The standard InChI is InChI=1S/C6H12O4/c1-2-3-10-6(9)5(8)4-7/h5,7-8H,2-4H2,1H3. The third-order valence-electron chi connectivity index (χ3n) is 0.893. The summed E-state index contributed by atoms with van der Waals surface area (Å²) in [6.45, 7) is 1.55. The van der Waals surface area contributed by atoms with E-state index < -0.39 is 18.7 Å². The zero-order valence-corrected chi connectivity index (χ0v) is 5.91. The molecule has 0 amide bonds. The number of carbonyl (C=O) groups is 1. The molecule has 0 heterocycles. The van der Waals surface area contributed by atoms with E-state index in [2.05, 4.69) is 4.74 Å². The van der Waals surface area contributed by atoms with Gasteiger partial charge in [0.25, 0.3) is 0 Å². The van der Waals surface area contributed by atoms with E-state index in [-0.39, 0.29) is 6.61 Å². The summed E-state index contributed by atoms with van der Waals surface area (Å²) in [5.41, 5.74) is 0. The average Bonchev–Trinajstić information content (AvgIpc) is 1.98. The van der Waals surface area contributed by atoms with Crippen molar-refractivity contribution in [3.8, 4) is 0 Å². The molecule has 0 saturated carbocycles. The van der Waals surface area contributed by atoms with Crippen LogP contribution in [0.4, 0.5) is 0 Å². The van der Waals surface area contributed by atoms with Crippen LogP contribution in [0.2, 0.25) is 0 Å². The van der Waals surface area contributed by atoms with Crippen LogP contribution in [-0.2, 0) is 9.53 Å². The highest BCUT2D eigenvalue weighted by Gasteiger charge is 2.13. The first-order valence-corrected chi connectivity index (χ1v) is 3.18. The van der Waals surface area contributed by atoms with Crippen molar-refractivity contribution in [2.24, 2.45) is 0 Å². The average molecular weight is 148 g/mol. The van der Waals surface area contributed by atoms with Crippen molar-refractivity contribution in [3.05, 3.63) is 0 Å². The number of hydrogen-bond acceptors (Lipinski definition) is 4. The molecule has 0 rings (SSSR count). The maximum atomic E-state index is 10.5. The van der Waals surface area contributed by atoms with E-state index in [1.54, 1.807) is 0 Å². The van der Waals surface area contributed by atoms with Gasteiger partial charge in [-0.25, -0.2) is 4.79 Å². The second kappa shape index (κ2) is 5.20. The molecule has 0 spiro atoms. The Balaban J connectivity index is 3.42. The van der Waals surface area contributed by atoms with Crippen molar-refractivity contribution in [1.82, 2.24) is 0 Å². The first-order valence-electron chi connectivity index (χ1n) is 3.18. The van der Waals surface area contributed by atoms with Crippen molar-refractivity contribution >= 4 is 5.97 Å². The normalized spacial score (nSPS) is 12.7. The van der Waals surface area contributed by atoms with Gasteiger partial charge < -0.3 is 14.9 Å². The fourth-order valence-electron chi connectivity index (χ4n) is 0.373. The molecule has 0 aromatic rings. The van der Waals surface area contributed by atoms with Gasteiger partial charge in [-0.2, -0.15) is 0 Å². The predicted octanol–water partition coefficient (Wildman–Crippen LogP) is -0.707. The van der Waals surface area contributed by atoms with Crippen LogP contribution in [0, 0.1) is 0 Å². The number of aliphatic hydroxyl groups excluding tert-OH is 2. The molecule has 0 aliphatic carbocycles. The molecule has 0 radical (unpaired) electrons. The van der Waals surface area contributed by atoms with E-state index in [0.29, 0.717) is 6.42 Å². The van der Waals surface area contributed by atoms with Crippen LogP contribution >= 0.6 is 0 Å². The number of esters is 1. The van der Waals surface area contributed by atoms with Crippen LogP contribution in [0.5, 0.6) is 0 Å². The minimum absolute atomic E-state index is 0.288. The quantitative estimate of drug-likeness (QED) is 0.517. The fraction of sp³-hybridized carbons (Fsp3) is 0.833. The Kier molecular flexibility index (Phi) is 4.88. The number of rotatable bonds is 4. The van der Waals surface area contributed by atoms with E-state index in [9.17, 15) is 4.79 Å². The summed E-state index contributed by atoms with van der Waals surface area (Å²) in [6.07, 6.45) is -0.671. The molecule has 0 aliphatic heterocycles. The molecule has 0 aromatic carbocycles. The zero-order chi connectivity index (χ0) is 7.98. The van der Waals surface area contributed by atoms with E-state index in [0.717, 1.165) is 0 Å². The largest absolute Gasteiger partial charge is 0.464 e. The van der Waals surface area contributed by atoms with Gasteiger partial charge in [0.1, 0.15) is 0 Å². The van der Waals surface area contributed by atoms with Gasteiger partial charge in [0.05, 0.1) is 13.2 Å². The minimum Gasteiger partial charge on any atom is -0.464 e. The molecule has 60 valence electrons. The van der Waals surface area contributed by atoms with Crippen molar-refractivity contribution < 1.29 is 19.7 Å². The van der Waals surface area contributed by atoms with Gasteiger partial charge in [-0.3, -0.25) is 0 Å². The molecule has 0 aromatic heterocycles. The predicted molar refractivity (Wildman–Crippen MR) is 34.3 cm³/mol. The molecular formula is C6H12O4. The summed E-state index contributed by atoms with van der Waals surface area (Å²) in [7, 11) is 0. The third kappa shape index (κ3) is 3.42. The molecule has 2 N–H and O–H groups in total. The Morgan fingerprint density at radius 2 is 2.30 bits per heavy atom. The first-order chi connectivity index (χ1) is 4.72. The third-order valence-corrected chi connectivity index (χ3v) is 0.893. The molecular weight excluding hydrogens is 136 g/mol. The summed E-state index contributed by atoms with van der Waals surface area (Å²) in [5, 5.41) is 16.9. The summed E-state index contributed by atoms with van der Waals surface area (Å²) in [5.74, 6) is -0.760. The number of aliphatic hydroxyl groups is 2. The van der Waals surface area contributed by atoms with Crippen molar-refractivity contribution in [2.75, 3.05) is 13.2 Å². The summed E-state index contributed by atoms with van der Waals surface area (Å²) in [6, 6.07) is 0. The van der Waals surface area contributed by atoms with Crippen LogP contribution in [0.3, 0.4) is 0 Å². The summed E-state index contributed by atoms with van der Waals surface area (Å²) < 4.78 is 4.49. The molecule has 0 fully saturated rings. The topological polar surface area (TPSA) is 66.8 Å². The van der Waals surface area contributed by atoms with Gasteiger partial charge in [0.2, 0.25) is 0 Å². The van der Waals surface area contributed by atoms with Gasteiger partial charge in [-0.05, 0) is 6.42 Å². The van der Waals surface area contributed by atoms with Crippen molar-refractivity contribution in [3.63, 3.8) is 0 Å².